The number of hydrogen-bond donors (Lipinski definition) is 0. The Morgan fingerprint density at radius 3 is 2.90 bits per heavy atom. The molecule has 110 valence electrons. The average Bonchev–Trinajstić information content (AvgIpc) is 3.06. The summed E-state index contributed by atoms with van der Waals surface area (Å²) in [5, 5.41) is 3.79. The Balaban J connectivity index is 2.00. The maximum Gasteiger partial charge on any atom is 0.213 e. The van der Waals surface area contributed by atoms with Crippen molar-refractivity contribution in [2.75, 3.05) is 5.88 Å². The van der Waals surface area contributed by atoms with Gasteiger partial charge in [0.2, 0.25) is 6.39 Å². The lowest BCUT2D eigenvalue weighted by Gasteiger charge is -2.07. The highest BCUT2D eigenvalue weighted by Gasteiger charge is 2.14. The van der Waals surface area contributed by atoms with Gasteiger partial charge in [0, 0.05) is 31.3 Å². The summed E-state index contributed by atoms with van der Waals surface area (Å²) in [4.78, 5) is 8.45. The van der Waals surface area contributed by atoms with Crippen LogP contribution < -0.4 is 0 Å². The Labute approximate surface area is 133 Å². The minimum atomic E-state index is -0.331. The number of aromatic nitrogens is 4. The van der Waals surface area contributed by atoms with E-state index < -0.39 is 0 Å². The molecule has 0 saturated heterocycles. The van der Waals surface area contributed by atoms with E-state index in [4.69, 9.17) is 16.1 Å². The van der Waals surface area contributed by atoms with Crippen LogP contribution in [0, 0.1) is 5.82 Å². The number of fused-ring (bicyclic) bond motifs is 1. The SMILES string of the molecule is Fc1cc2nc(CCCl)n(CCc3ncon3)c2cc1Br. The van der Waals surface area contributed by atoms with Gasteiger partial charge in [-0.05, 0) is 22.0 Å². The monoisotopic (exact) mass is 372 g/mol. The zero-order chi connectivity index (χ0) is 14.8. The van der Waals surface area contributed by atoms with E-state index in [0.29, 0.717) is 41.1 Å². The molecule has 0 radical (unpaired) electrons. The summed E-state index contributed by atoms with van der Waals surface area (Å²) in [6.45, 7) is 0.625. The lowest BCUT2D eigenvalue weighted by atomic mass is 10.3. The molecule has 21 heavy (non-hydrogen) atoms. The second-order valence-electron chi connectivity index (χ2n) is 4.47. The molecule has 0 aliphatic rings. The summed E-state index contributed by atoms with van der Waals surface area (Å²) in [5.74, 6) is 1.56. The number of nitrogens with zero attached hydrogens (tertiary/aromatic N) is 4. The molecule has 0 saturated carbocycles. The van der Waals surface area contributed by atoms with E-state index in [1.54, 1.807) is 6.07 Å². The highest BCUT2D eigenvalue weighted by molar-refractivity contribution is 9.10. The van der Waals surface area contributed by atoms with Crippen molar-refractivity contribution in [3.8, 4) is 0 Å². The van der Waals surface area contributed by atoms with Crippen LogP contribution in [0.1, 0.15) is 11.6 Å². The summed E-state index contributed by atoms with van der Waals surface area (Å²) < 4.78 is 20.8. The van der Waals surface area contributed by atoms with E-state index in [2.05, 4.69) is 31.1 Å². The lowest BCUT2D eigenvalue weighted by Crippen LogP contribution is -2.07. The van der Waals surface area contributed by atoms with Crippen molar-refractivity contribution in [1.29, 1.82) is 0 Å². The summed E-state index contributed by atoms with van der Waals surface area (Å²) in [6.07, 6.45) is 2.51. The molecule has 0 N–H and O–H groups in total. The Kier molecular flexibility index (Phi) is 4.21. The first-order valence-corrected chi connectivity index (χ1v) is 7.67. The molecule has 3 rings (SSSR count). The normalized spacial score (nSPS) is 11.4. The first kappa shape index (κ1) is 14.5. The van der Waals surface area contributed by atoms with Gasteiger partial charge in [0.1, 0.15) is 11.6 Å². The third-order valence-corrected chi connectivity index (χ3v) is 3.95. The van der Waals surface area contributed by atoms with Gasteiger partial charge in [0.15, 0.2) is 5.82 Å². The van der Waals surface area contributed by atoms with Crippen LogP contribution in [0.4, 0.5) is 4.39 Å². The molecule has 8 heteroatoms. The molecule has 0 atom stereocenters. The van der Waals surface area contributed by atoms with Gasteiger partial charge in [-0.3, -0.25) is 0 Å². The number of rotatable bonds is 5. The Morgan fingerprint density at radius 2 is 2.19 bits per heavy atom. The van der Waals surface area contributed by atoms with Gasteiger partial charge in [0.05, 0.1) is 15.5 Å². The van der Waals surface area contributed by atoms with Crippen LogP contribution in [0.25, 0.3) is 11.0 Å². The molecule has 3 aromatic rings. The van der Waals surface area contributed by atoms with Crippen molar-refractivity contribution < 1.29 is 8.91 Å². The van der Waals surface area contributed by atoms with Crippen LogP contribution in [0.15, 0.2) is 27.5 Å². The number of hydrogen-bond acceptors (Lipinski definition) is 4. The van der Waals surface area contributed by atoms with Gasteiger partial charge in [-0.1, -0.05) is 5.16 Å². The maximum atomic E-state index is 13.6. The second-order valence-corrected chi connectivity index (χ2v) is 5.70. The smallest absolute Gasteiger partial charge is 0.213 e. The van der Waals surface area contributed by atoms with Gasteiger partial charge in [-0.25, -0.2) is 9.37 Å². The lowest BCUT2D eigenvalue weighted by molar-refractivity contribution is 0.408. The first-order valence-electron chi connectivity index (χ1n) is 6.34. The largest absolute Gasteiger partial charge is 0.343 e. The van der Waals surface area contributed by atoms with E-state index in [9.17, 15) is 4.39 Å². The Morgan fingerprint density at radius 1 is 1.33 bits per heavy atom. The third kappa shape index (κ3) is 2.94. The topological polar surface area (TPSA) is 56.7 Å². The van der Waals surface area contributed by atoms with Crippen molar-refractivity contribution >= 4 is 38.6 Å². The summed E-state index contributed by atoms with van der Waals surface area (Å²) >= 11 is 9.03. The third-order valence-electron chi connectivity index (χ3n) is 3.15. The summed E-state index contributed by atoms with van der Waals surface area (Å²) in [6, 6.07) is 3.15. The molecule has 0 aliphatic heterocycles. The molecule has 2 aromatic heterocycles. The van der Waals surface area contributed by atoms with Crippen molar-refractivity contribution in [2.24, 2.45) is 0 Å². The quantitative estimate of drug-likeness (QED) is 0.644. The predicted molar refractivity (Wildman–Crippen MR) is 79.8 cm³/mol. The molecule has 2 heterocycles. The molecule has 0 fully saturated rings. The highest BCUT2D eigenvalue weighted by Crippen LogP contribution is 2.25. The van der Waals surface area contributed by atoms with Crippen LogP contribution in [0.2, 0.25) is 0 Å². The first-order chi connectivity index (χ1) is 10.2. The van der Waals surface area contributed by atoms with Crippen molar-refractivity contribution in [3.63, 3.8) is 0 Å². The van der Waals surface area contributed by atoms with E-state index in [1.165, 1.54) is 12.5 Å². The fourth-order valence-corrected chi connectivity index (χ4v) is 2.71. The Hall–Kier alpha value is -1.47. The molecule has 0 aliphatic carbocycles. The zero-order valence-corrected chi connectivity index (χ0v) is 13.2. The average molecular weight is 374 g/mol. The van der Waals surface area contributed by atoms with E-state index in [-0.39, 0.29) is 5.82 Å². The fraction of sp³-hybridized carbons (Fsp3) is 0.308. The van der Waals surface area contributed by atoms with Crippen LogP contribution in [0.3, 0.4) is 0 Å². The minimum absolute atomic E-state index is 0.331. The molecular weight excluding hydrogens is 363 g/mol. The number of aryl methyl sites for hydroxylation is 3. The number of benzene rings is 1. The van der Waals surface area contributed by atoms with Gasteiger partial charge >= 0.3 is 0 Å². The van der Waals surface area contributed by atoms with Crippen LogP contribution in [0.5, 0.6) is 0 Å². The van der Waals surface area contributed by atoms with Gasteiger partial charge < -0.3 is 9.09 Å². The molecule has 0 spiro atoms. The van der Waals surface area contributed by atoms with Gasteiger partial charge in [-0.2, -0.15) is 4.98 Å². The standard InChI is InChI=1S/C13H11BrClFN4O/c14-8-5-11-10(6-9(8)16)18-13(1-3-15)20(11)4-2-12-17-7-21-19-12/h5-7H,1-4H2. The highest BCUT2D eigenvalue weighted by atomic mass is 79.9. The number of imidazole rings is 1. The van der Waals surface area contributed by atoms with E-state index in [1.807, 2.05) is 4.57 Å². The van der Waals surface area contributed by atoms with Gasteiger partial charge in [0.25, 0.3) is 0 Å². The van der Waals surface area contributed by atoms with E-state index >= 15 is 0 Å². The maximum absolute atomic E-state index is 13.6. The minimum Gasteiger partial charge on any atom is -0.343 e. The fourth-order valence-electron chi connectivity index (χ4n) is 2.21. The summed E-state index contributed by atoms with van der Waals surface area (Å²) in [5.41, 5.74) is 1.47. The van der Waals surface area contributed by atoms with Gasteiger partial charge in [-0.15, -0.1) is 11.6 Å². The molecule has 5 nitrogen and oxygen atoms in total. The number of halogens is 3. The zero-order valence-electron chi connectivity index (χ0n) is 10.9. The second kappa shape index (κ2) is 6.11. The predicted octanol–water partition coefficient (Wildman–Crippen LogP) is 3.34. The molecule has 0 unspecified atom stereocenters. The molecule has 1 aromatic carbocycles. The molecule has 0 bridgehead atoms. The van der Waals surface area contributed by atoms with Crippen LogP contribution in [-0.4, -0.2) is 25.6 Å². The van der Waals surface area contributed by atoms with Crippen molar-refractivity contribution in [1.82, 2.24) is 19.7 Å². The van der Waals surface area contributed by atoms with Crippen LogP contribution >= 0.6 is 27.5 Å². The molecular formula is C13H11BrClFN4O. The summed E-state index contributed by atoms with van der Waals surface area (Å²) in [7, 11) is 0. The van der Waals surface area contributed by atoms with Crippen LogP contribution in [-0.2, 0) is 19.4 Å². The van der Waals surface area contributed by atoms with Crippen molar-refractivity contribution in [2.45, 2.75) is 19.4 Å². The van der Waals surface area contributed by atoms with Crippen molar-refractivity contribution in [3.05, 3.63) is 40.5 Å². The van der Waals surface area contributed by atoms with E-state index in [0.717, 1.165) is 11.3 Å². The Bertz CT molecular complexity index is 759. The molecule has 0 amide bonds. The number of alkyl halides is 1.